The molecule has 0 radical (unpaired) electrons. The molecule has 2 heteroatoms. The summed E-state index contributed by atoms with van der Waals surface area (Å²) in [6.07, 6.45) is 2.52. The van der Waals surface area contributed by atoms with Crippen LogP contribution in [-0.2, 0) is 0 Å². The first-order valence-corrected chi connectivity index (χ1v) is 7.04. The number of likely N-dealkylation sites (N-methyl/N-ethyl adjacent to an activating group) is 2. The van der Waals surface area contributed by atoms with Gasteiger partial charge >= 0.3 is 0 Å². The Kier molecular flexibility index (Phi) is 6.37. The van der Waals surface area contributed by atoms with Gasteiger partial charge in [0, 0.05) is 12.1 Å². The van der Waals surface area contributed by atoms with Gasteiger partial charge in [0.1, 0.15) is 0 Å². The molecule has 2 unspecified atom stereocenters. The number of rotatable bonds is 7. The number of hydrogen-bond donors (Lipinski definition) is 1. The number of benzene rings is 1. The van der Waals surface area contributed by atoms with E-state index in [4.69, 9.17) is 0 Å². The second-order valence-electron chi connectivity index (χ2n) is 5.25. The smallest absolute Gasteiger partial charge is 0.0472 e. The summed E-state index contributed by atoms with van der Waals surface area (Å²) in [6, 6.07) is 9.76. The lowest BCUT2D eigenvalue weighted by molar-refractivity contribution is 0.209. The first-order valence-electron chi connectivity index (χ1n) is 7.04. The molecule has 2 nitrogen and oxygen atoms in total. The molecule has 1 rings (SSSR count). The van der Waals surface area contributed by atoms with E-state index in [9.17, 15) is 0 Å². The average molecular weight is 248 g/mol. The fraction of sp³-hybridized carbons (Fsp3) is 0.625. The van der Waals surface area contributed by atoms with Gasteiger partial charge < -0.3 is 10.2 Å². The van der Waals surface area contributed by atoms with E-state index in [0.717, 1.165) is 0 Å². The van der Waals surface area contributed by atoms with Crippen molar-refractivity contribution < 1.29 is 0 Å². The molecule has 0 bridgehead atoms. The van der Waals surface area contributed by atoms with E-state index in [2.05, 4.69) is 69.3 Å². The highest BCUT2D eigenvalue weighted by Crippen LogP contribution is 2.20. The zero-order chi connectivity index (χ0) is 13.5. The first-order chi connectivity index (χ1) is 8.60. The maximum Gasteiger partial charge on any atom is 0.0472 e. The minimum atomic E-state index is 0.396. The fourth-order valence-corrected chi connectivity index (χ4v) is 2.33. The highest BCUT2D eigenvalue weighted by molar-refractivity contribution is 5.25. The molecule has 0 fully saturated rings. The lowest BCUT2D eigenvalue weighted by Gasteiger charge is -2.32. The van der Waals surface area contributed by atoms with Crippen molar-refractivity contribution in [2.45, 2.75) is 45.7 Å². The Bertz CT molecular complexity index is 331. The average Bonchev–Trinajstić information content (AvgIpc) is 2.38. The van der Waals surface area contributed by atoms with Gasteiger partial charge in [-0.15, -0.1) is 0 Å². The molecule has 0 saturated carbocycles. The van der Waals surface area contributed by atoms with E-state index >= 15 is 0 Å². The Hall–Kier alpha value is -0.860. The van der Waals surface area contributed by atoms with Crippen molar-refractivity contribution in [3.8, 4) is 0 Å². The van der Waals surface area contributed by atoms with Crippen LogP contribution < -0.4 is 5.32 Å². The molecule has 1 aromatic rings. The summed E-state index contributed by atoms with van der Waals surface area (Å²) >= 11 is 0. The first kappa shape index (κ1) is 15.2. The maximum absolute atomic E-state index is 3.45. The summed E-state index contributed by atoms with van der Waals surface area (Å²) < 4.78 is 0. The zero-order valence-electron chi connectivity index (χ0n) is 12.5. The Morgan fingerprint density at radius 1 is 1.22 bits per heavy atom. The Morgan fingerprint density at radius 2 is 1.83 bits per heavy atom. The van der Waals surface area contributed by atoms with Crippen molar-refractivity contribution >= 4 is 0 Å². The summed E-state index contributed by atoms with van der Waals surface area (Å²) in [5.41, 5.74) is 2.69. The second-order valence-corrected chi connectivity index (χ2v) is 5.25. The lowest BCUT2D eigenvalue weighted by atomic mass is 9.98. The minimum Gasteiger partial charge on any atom is -0.312 e. The molecule has 0 aliphatic heterocycles. The highest BCUT2D eigenvalue weighted by Gasteiger charge is 2.20. The van der Waals surface area contributed by atoms with Crippen LogP contribution in [0.15, 0.2) is 24.3 Å². The molecule has 1 N–H and O–H groups in total. The predicted octanol–water partition coefficient (Wildman–Crippen LogP) is 3.38. The van der Waals surface area contributed by atoms with E-state index in [0.29, 0.717) is 12.1 Å². The Balaban J connectivity index is 2.72. The van der Waals surface area contributed by atoms with Crippen molar-refractivity contribution in [3.05, 3.63) is 35.4 Å². The highest BCUT2D eigenvalue weighted by atomic mass is 15.2. The summed E-state index contributed by atoms with van der Waals surface area (Å²) in [5, 5.41) is 3.45. The monoisotopic (exact) mass is 248 g/mol. The van der Waals surface area contributed by atoms with Crippen LogP contribution in [0.3, 0.4) is 0 Å². The number of unbranched alkanes of at least 4 members (excludes halogenated alkanes) is 1. The molecule has 0 aromatic heterocycles. The molecule has 0 heterocycles. The van der Waals surface area contributed by atoms with Gasteiger partial charge in [0.2, 0.25) is 0 Å². The molecule has 0 saturated heterocycles. The standard InChI is InChI=1S/C16H28N2/c1-6-7-12-18(5)14(3)16(17-4)15-10-8-13(2)9-11-15/h8-11,14,16-17H,6-7,12H2,1-5H3. The van der Waals surface area contributed by atoms with Crippen LogP contribution in [0.1, 0.15) is 43.9 Å². The van der Waals surface area contributed by atoms with E-state index in [1.165, 1.54) is 30.5 Å². The normalized spacial score (nSPS) is 14.8. The number of nitrogens with zero attached hydrogens (tertiary/aromatic N) is 1. The van der Waals surface area contributed by atoms with Crippen LogP contribution in [0.5, 0.6) is 0 Å². The van der Waals surface area contributed by atoms with Gasteiger partial charge in [0.15, 0.2) is 0 Å². The summed E-state index contributed by atoms with van der Waals surface area (Å²) in [5.74, 6) is 0. The predicted molar refractivity (Wildman–Crippen MR) is 80.0 cm³/mol. The van der Waals surface area contributed by atoms with Crippen LogP contribution in [0.4, 0.5) is 0 Å². The largest absolute Gasteiger partial charge is 0.312 e. The molecular weight excluding hydrogens is 220 g/mol. The van der Waals surface area contributed by atoms with Crippen LogP contribution >= 0.6 is 0 Å². The van der Waals surface area contributed by atoms with E-state index < -0.39 is 0 Å². The molecule has 1 aromatic carbocycles. The van der Waals surface area contributed by atoms with Gasteiger partial charge in [0.25, 0.3) is 0 Å². The van der Waals surface area contributed by atoms with Gasteiger partial charge in [0.05, 0.1) is 0 Å². The third-order valence-electron chi connectivity index (χ3n) is 3.79. The molecule has 0 aliphatic rings. The second kappa shape index (κ2) is 7.55. The third-order valence-corrected chi connectivity index (χ3v) is 3.79. The Morgan fingerprint density at radius 3 is 2.33 bits per heavy atom. The quantitative estimate of drug-likeness (QED) is 0.796. The van der Waals surface area contributed by atoms with Gasteiger partial charge in [-0.2, -0.15) is 0 Å². The van der Waals surface area contributed by atoms with Crippen LogP contribution in [0.25, 0.3) is 0 Å². The minimum absolute atomic E-state index is 0.396. The maximum atomic E-state index is 3.45. The van der Waals surface area contributed by atoms with Crippen molar-refractivity contribution in [3.63, 3.8) is 0 Å². The van der Waals surface area contributed by atoms with Gasteiger partial charge in [-0.3, -0.25) is 0 Å². The van der Waals surface area contributed by atoms with Crippen molar-refractivity contribution in [1.29, 1.82) is 0 Å². The van der Waals surface area contributed by atoms with E-state index in [1.807, 2.05) is 0 Å². The van der Waals surface area contributed by atoms with E-state index in [-0.39, 0.29) is 0 Å². The molecule has 0 spiro atoms. The molecule has 102 valence electrons. The summed E-state index contributed by atoms with van der Waals surface area (Å²) in [7, 11) is 4.27. The van der Waals surface area contributed by atoms with Crippen LogP contribution in [0.2, 0.25) is 0 Å². The van der Waals surface area contributed by atoms with Crippen LogP contribution in [-0.4, -0.2) is 31.6 Å². The summed E-state index contributed by atoms with van der Waals surface area (Å²) in [4.78, 5) is 2.45. The molecule has 2 atom stereocenters. The van der Waals surface area contributed by atoms with Gasteiger partial charge in [-0.05, 0) is 46.5 Å². The SMILES string of the molecule is CCCCN(C)C(C)C(NC)c1ccc(C)cc1. The van der Waals surface area contributed by atoms with Crippen molar-refractivity contribution in [1.82, 2.24) is 10.2 Å². The number of nitrogens with one attached hydrogen (secondary N) is 1. The molecule has 18 heavy (non-hydrogen) atoms. The van der Waals surface area contributed by atoms with Gasteiger partial charge in [-0.1, -0.05) is 43.2 Å². The topological polar surface area (TPSA) is 15.3 Å². The van der Waals surface area contributed by atoms with Crippen molar-refractivity contribution in [2.24, 2.45) is 0 Å². The number of hydrogen-bond acceptors (Lipinski definition) is 2. The molecule has 0 amide bonds. The molecular formula is C16H28N2. The molecule has 0 aliphatic carbocycles. The van der Waals surface area contributed by atoms with E-state index in [1.54, 1.807) is 0 Å². The fourth-order valence-electron chi connectivity index (χ4n) is 2.33. The third kappa shape index (κ3) is 4.11. The van der Waals surface area contributed by atoms with Crippen LogP contribution in [0, 0.1) is 6.92 Å². The Labute approximate surface area is 112 Å². The lowest BCUT2D eigenvalue weighted by Crippen LogP contribution is -2.40. The summed E-state index contributed by atoms with van der Waals surface area (Å²) in [6.45, 7) is 7.85. The van der Waals surface area contributed by atoms with Gasteiger partial charge in [-0.25, -0.2) is 0 Å². The number of aryl methyl sites for hydroxylation is 1. The van der Waals surface area contributed by atoms with Crippen molar-refractivity contribution in [2.75, 3.05) is 20.6 Å². The zero-order valence-corrected chi connectivity index (χ0v) is 12.5.